The fourth-order valence-corrected chi connectivity index (χ4v) is 6.65. The second-order valence-electron chi connectivity index (χ2n) is 11.0. The molecule has 3 fully saturated rings. The van der Waals surface area contributed by atoms with E-state index in [1.54, 1.807) is 11.3 Å². The van der Waals surface area contributed by atoms with Crippen LogP contribution in [0.2, 0.25) is 18.1 Å². The summed E-state index contributed by atoms with van der Waals surface area (Å²) in [7, 11) is 4.51. The van der Waals surface area contributed by atoms with E-state index in [0.717, 1.165) is 47.0 Å². The highest BCUT2D eigenvalue weighted by molar-refractivity contribution is 7.80. The number of benzene rings is 1. The van der Waals surface area contributed by atoms with Crippen molar-refractivity contribution >= 4 is 60.3 Å². The van der Waals surface area contributed by atoms with Gasteiger partial charge in [0.25, 0.3) is 0 Å². The van der Waals surface area contributed by atoms with Crippen molar-refractivity contribution in [2.75, 3.05) is 31.5 Å². The molecule has 1 atom stereocenters. The third-order valence-corrected chi connectivity index (χ3v) is 13.0. The summed E-state index contributed by atoms with van der Waals surface area (Å²) in [5, 5.41) is 18.9. The summed E-state index contributed by atoms with van der Waals surface area (Å²) in [6, 6.07) is 6.06. The van der Waals surface area contributed by atoms with Crippen LogP contribution >= 0.6 is 23.6 Å². The fourth-order valence-electron chi connectivity index (χ4n) is 4.50. The maximum absolute atomic E-state index is 11.2. The summed E-state index contributed by atoms with van der Waals surface area (Å²) in [5.74, 6) is 1.17. The van der Waals surface area contributed by atoms with Gasteiger partial charge in [-0.25, -0.2) is 13.0 Å². The van der Waals surface area contributed by atoms with Crippen molar-refractivity contribution in [3.05, 3.63) is 18.2 Å². The molecule has 6 nitrogen and oxygen atoms in total. The zero-order valence-corrected chi connectivity index (χ0v) is 22.3. The van der Waals surface area contributed by atoms with Crippen molar-refractivity contribution in [1.29, 1.82) is 0 Å². The molecule has 0 aliphatic carbocycles. The van der Waals surface area contributed by atoms with E-state index in [9.17, 15) is 5.11 Å². The van der Waals surface area contributed by atoms with E-state index in [1.165, 1.54) is 0 Å². The van der Waals surface area contributed by atoms with Crippen LogP contribution in [-0.2, 0) is 0 Å². The molecule has 0 saturated carbocycles. The molecule has 32 heavy (non-hydrogen) atoms. The van der Waals surface area contributed by atoms with Gasteiger partial charge in [0.15, 0.2) is 10.2 Å². The van der Waals surface area contributed by atoms with E-state index in [2.05, 4.69) is 55.5 Å². The van der Waals surface area contributed by atoms with Crippen LogP contribution in [0.1, 0.15) is 33.6 Å². The summed E-state index contributed by atoms with van der Waals surface area (Å²) < 4.78 is 7.95. The first-order valence-corrected chi connectivity index (χ1v) is 15.4. The Balaban J connectivity index is 1.38. The Hall–Kier alpha value is -1.20. The molecule has 0 amide bonds. The minimum atomic E-state index is -1.89. The number of fused-ring (bicyclic) bond motifs is 4. The highest BCUT2D eigenvalue weighted by Crippen LogP contribution is 2.40. The number of piperidine rings is 3. The van der Waals surface area contributed by atoms with Crippen molar-refractivity contribution < 1.29 is 13.9 Å². The van der Waals surface area contributed by atoms with Crippen molar-refractivity contribution in [1.82, 2.24) is 10.3 Å². The van der Waals surface area contributed by atoms with Gasteiger partial charge in [-0.15, -0.1) is 0 Å². The SMILES string of the molecule is [B-][N+]12CCC(CC1)C(O)(CNC(=S)Nc1nc3ccc(O[Si](C)(C)C(C)(C)C)cc3s1)C2. The Bertz CT molecular complexity index is 1020. The van der Waals surface area contributed by atoms with Gasteiger partial charge in [-0.2, -0.15) is 0 Å². The van der Waals surface area contributed by atoms with Crippen LogP contribution in [-0.4, -0.2) is 67.7 Å². The van der Waals surface area contributed by atoms with Crippen molar-refractivity contribution in [2.45, 2.75) is 57.3 Å². The second kappa shape index (κ2) is 8.23. The molecule has 3 saturated heterocycles. The van der Waals surface area contributed by atoms with Crippen molar-refractivity contribution in [2.24, 2.45) is 5.92 Å². The third-order valence-electron chi connectivity index (χ3n) is 7.51. The molecule has 3 aliphatic rings. The van der Waals surface area contributed by atoms with Crippen LogP contribution < -0.4 is 15.1 Å². The summed E-state index contributed by atoms with van der Waals surface area (Å²) in [6.45, 7) is 14.1. The molecule has 10 heteroatoms. The second-order valence-corrected chi connectivity index (χ2v) is 17.2. The molecule has 4 heterocycles. The molecule has 3 radical (unpaired) electrons. The van der Waals surface area contributed by atoms with E-state index < -0.39 is 13.9 Å². The maximum atomic E-state index is 11.2. The van der Waals surface area contributed by atoms with Crippen LogP contribution in [0.5, 0.6) is 5.75 Å². The van der Waals surface area contributed by atoms with Gasteiger partial charge in [0.1, 0.15) is 11.4 Å². The van der Waals surface area contributed by atoms with Crippen LogP contribution in [0.15, 0.2) is 18.2 Å². The predicted octanol–water partition coefficient (Wildman–Crippen LogP) is 4.02. The molecule has 1 aromatic carbocycles. The average Bonchev–Trinajstić information content (AvgIpc) is 3.06. The molecule has 3 aliphatic heterocycles. The number of rotatable bonds is 5. The van der Waals surface area contributed by atoms with E-state index in [-0.39, 0.29) is 11.0 Å². The van der Waals surface area contributed by atoms with Gasteiger partial charge >= 0.3 is 0 Å². The fraction of sp³-hybridized carbons (Fsp3) is 0.636. The summed E-state index contributed by atoms with van der Waals surface area (Å²) >= 11 is 7.03. The number of nitrogens with one attached hydrogen (secondary N) is 2. The van der Waals surface area contributed by atoms with Gasteiger partial charge in [0.05, 0.1) is 23.3 Å². The van der Waals surface area contributed by atoms with Gasteiger partial charge in [-0.05, 0) is 61.4 Å². The number of thiazole rings is 1. The first-order valence-electron chi connectivity index (χ1n) is 11.3. The highest BCUT2D eigenvalue weighted by Gasteiger charge is 2.48. The van der Waals surface area contributed by atoms with Crippen LogP contribution in [0, 0.1) is 5.92 Å². The number of hydrogen-bond acceptors (Lipinski definition) is 5. The Labute approximate surface area is 202 Å². The van der Waals surface area contributed by atoms with Gasteiger partial charge < -0.3 is 24.6 Å². The van der Waals surface area contributed by atoms with Gasteiger partial charge in [-0.1, -0.05) is 32.1 Å². The Morgan fingerprint density at radius 3 is 2.69 bits per heavy atom. The molecule has 3 N–H and O–H groups in total. The molecule has 2 bridgehead atoms. The van der Waals surface area contributed by atoms with Gasteiger partial charge in [0, 0.05) is 19.0 Å². The molecule has 5 rings (SSSR count). The quantitative estimate of drug-likeness (QED) is 0.436. The smallest absolute Gasteiger partial charge is 0.250 e. The van der Waals surface area contributed by atoms with E-state index >= 15 is 0 Å². The molecular weight excluding hydrogens is 455 g/mol. The van der Waals surface area contributed by atoms with E-state index in [1.807, 2.05) is 12.1 Å². The number of hydrogen-bond donors (Lipinski definition) is 3. The maximum Gasteiger partial charge on any atom is 0.250 e. The molecule has 2 aromatic rings. The highest BCUT2D eigenvalue weighted by atomic mass is 32.1. The summed E-state index contributed by atoms with van der Waals surface area (Å²) in [4.78, 5) is 4.65. The number of thiocarbonyl (C=S) groups is 1. The molecule has 173 valence electrons. The first kappa shape index (κ1) is 23.9. The third kappa shape index (κ3) is 4.84. The lowest BCUT2D eigenvalue weighted by molar-refractivity contribution is -0.846. The Morgan fingerprint density at radius 2 is 2.06 bits per heavy atom. The van der Waals surface area contributed by atoms with Crippen LogP contribution in [0.3, 0.4) is 0 Å². The molecule has 0 spiro atoms. The summed E-state index contributed by atoms with van der Waals surface area (Å²) in [6.07, 6.45) is 1.93. The molecule has 1 aromatic heterocycles. The lowest BCUT2D eigenvalue weighted by Gasteiger charge is -2.64. The lowest BCUT2D eigenvalue weighted by Crippen LogP contribution is -2.70. The minimum absolute atomic E-state index is 0.143. The monoisotopic (exact) mass is 489 g/mol. The number of aliphatic hydroxyl groups is 1. The Morgan fingerprint density at radius 1 is 1.38 bits per heavy atom. The minimum Gasteiger partial charge on any atom is -0.586 e. The van der Waals surface area contributed by atoms with E-state index in [4.69, 9.17) is 24.6 Å². The first-order chi connectivity index (χ1) is 14.8. The van der Waals surface area contributed by atoms with Crippen molar-refractivity contribution in [3.63, 3.8) is 0 Å². The molecule has 1 unspecified atom stereocenters. The number of anilines is 1. The van der Waals surface area contributed by atoms with Crippen LogP contribution in [0.25, 0.3) is 10.2 Å². The standard InChI is InChI=1S/C22H33BN4O2S2Si/c1-21(2,3)32(4,5)29-16-6-7-17-18(12-16)31-20(25-17)26-19(30)24-13-22(28)14-27(23)10-8-15(22)9-11-27/h6-7,12,15,28H,8-11,13-14H2,1-5H3,(H-,24,25,26,30)/q-1/p+1. The van der Waals surface area contributed by atoms with Gasteiger partial charge in [-0.3, -0.25) is 0 Å². The van der Waals surface area contributed by atoms with Crippen LogP contribution in [0.4, 0.5) is 5.13 Å². The molecular formula is C22H34BN4O2S2Si. The number of quaternary nitrogens is 1. The zero-order chi connectivity index (χ0) is 23.4. The van der Waals surface area contributed by atoms with Gasteiger partial charge in [0.2, 0.25) is 8.32 Å². The van der Waals surface area contributed by atoms with E-state index in [0.29, 0.717) is 22.6 Å². The Kier molecular flexibility index (Phi) is 6.16. The zero-order valence-electron chi connectivity index (χ0n) is 19.7. The topological polar surface area (TPSA) is 66.4 Å². The summed E-state index contributed by atoms with van der Waals surface area (Å²) in [5.41, 5.74) is 0.0917. The lowest BCUT2D eigenvalue weighted by atomic mass is 9.72. The number of nitrogens with zero attached hydrogens (tertiary/aromatic N) is 2. The number of aromatic nitrogens is 1. The normalized spacial score (nSPS) is 28.0. The average molecular weight is 490 g/mol. The van der Waals surface area contributed by atoms with Crippen molar-refractivity contribution in [3.8, 4) is 5.75 Å². The largest absolute Gasteiger partial charge is 0.586 e. The predicted molar refractivity (Wildman–Crippen MR) is 140 cm³/mol.